The predicted octanol–water partition coefficient (Wildman–Crippen LogP) is 3.67. The highest BCUT2D eigenvalue weighted by Gasteiger charge is 2.17. The normalized spacial score (nSPS) is 14.0. The average molecular weight is 297 g/mol. The highest BCUT2D eigenvalue weighted by Crippen LogP contribution is 2.38. The van der Waals surface area contributed by atoms with Gasteiger partial charge in [0.15, 0.2) is 0 Å². The molecule has 4 nitrogen and oxygen atoms in total. The van der Waals surface area contributed by atoms with Crippen LogP contribution in [-0.2, 0) is 6.42 Å². The summed E-state index contributed by atoms with van der Waals surface area (Å²) < 4.78 is 5.83. The molecule has 0 atom stereocenters. The minimum absolute atomic E-state index is 0.816. The molecule has 3 aromatic rings. The van der Waals surface area contributed by atoms with Crippen molar-refractivity contribution in [1.82, 2.24) is 15.0 Å². The van der Waals surface area contributed by atoms with Crippen molar-refractivity contribution in [2.24, 2.45) is 0 Å². The number of hydrogen-bond donors (Lipinski definition) is 1. The summed E-state index contributed by atoms with van der Waals surface area (Å²) in [6.07, 6.45) is 7.79. The van der Waals surface area contributed by atoms with Crippen LogP contribution in [0.3, 0.4) is 0 Å². The summed E-state index contributed by atoms with van der Waals surface area (Å²) in [5.74, 6) is 1.94. The monoisotopic (exact) mass is 297 g/mol. The third-order valence-corrected chi connectivity index (χ3v) is 4.49. The lowest BCUT2D eigenvalue weighted by atomic mass is 10.0. The fourth-order valence-electron chi connectivity index (χ4n) is 2.73. The third-order valence-electron chi connectivity index (χ3n) is 3.75. The first-order chi connectivity index (χ1) is 10.3. The number of fused-ring (bicyclic) bond motifs is 2. The van der Waals surface area contributed by atoms with Gasteiger partial charge in [0, 0.05) is 11.8 Å². The van der Waals surface area contributed by atoms with Crippen molar-refractivity contribution >= 4 is 22.8 Å². The van der Waals surface area contributed by atoms with Gasteiger partial charge >= 0.3 is 0 Å². The van der Waals surface area contributed by atoms with E-state index in [1.54, 1.807) is 24.2 Å². The van der Waals surface area contributed by atoms with Crippen LogP contribution in [0.15, 0.2) is 35.5 Å². The minimum Gasteiger partial charge on any atom is -0.492 e. The summed E-state index contributed by atoms with van der Waals surface area (Å²) in [7, 11) is 0. The number of hydrogen-bond acceptors (Lipinski definition) is 4. The van der Waals surface area contributed by atoms with Crippen molar-refractivity contribution in [2.75, 3.05) is 12.9 Å². The van der Waals surface area contributed by atoms with Gasteiger partial charge in [0.1, 0.15) is 17.1 Å². The molecule has 4 rings (SSSR count). The van der Waals surface area contributed by atoms with Crippen molar-refractivity contribution in [3.8, 4) is 17.1 Å². The first kappa shape index (κ1) is 12.7. The molecule has 21 heavy (non-hydrogen) atoms. The molecule has 1 N–H and O–H groups in total. The molecule has 3 heterocycles. The van der Waals surface area contributed by atoms with Crippen molar-refractivity contribution in [3.05, 3.63) is 36.2 Å². The summed E-state index contributed by atoms with van der Waals surface area (Å²) in [6.45, 7) is 0.816. The maximum atomic E-state index is 5.83. The molecule has 5 heteroatoms. The fraction of sp³-hybridized carbons (Fsp3) is 0.250. The van der Waals surface area contributed by atoms with Gasteiger partial charge in [-0.2, -0.15) is 0 Å². The molecular weight excluding hydrogens is 282 g/mol. The Balaban J connectivity index is 1.87. The number of nitrogens with zero attached hydrogens (tertiary/aromatic N) is 2. The Morgan fingerprint density at radius 1 is 1.33 bits per heavy atom. The Bertz CT molecular complexity index is 762. The zero-order valence-electron chi connectivity index (χ0n) is 11.7. The number of aryl methyl sites for hydroxylation is 1. The Morgan fingerprint density at radius 2 is 2.29 bits per heavy atom. The van der Waals surface area contributed by atoms with E-state index in [1.807, 2.05) is 6.07 Å². The van der Waals surface area contributed by atoms with Crippen LogP contribution in [-0.4, -0.2) is 27.8 Å². The quantitative estimate of drug-likeness (QED) is 0.733. The van der Waals surface area contributed by atoms with Gasteiger partial charge in [0.2, 0.25) is 0 Å². The SMILES string of the molecule is CSc1cc(-c2nc3cnccc3[nH]2)cc2c1OCCC2. The Kier molecular flexibility index (Phi) is 3.07. The van der Waals surface area contributed by atoms with Gasteiger partial charge in [-0.1, -0.05) is 0 Å². The van der Waals surface area contributed by atoms with E-state index in [0.29, 0.717) is 0 Å². The van der Waals surface area contributed by atoms with E-state index in [0.717, 1.165) is 47.6 Å². The number of pyridine rings is 1. The van der Waals surface area contributed by atoms with Crippen molar-refractivity contribution < 1.29 is 4.74 Å². The van der Waals surface area contributed by atoms with Gasteiger partial charge in [0.25, 0.3) is 0 Å². The zero-order valence-corrected chi connectivity index (χ0v) is 12.5. The Hall–Kier alpha value is -2.01. The highest BCUT2D eigenvalue weighted by molar-refractivity contribution is 7.98. The van der Waals surface area contributed by atoms with E-state index in [4.69, 9.17) is 4.74 Å². The van der Waals surface area contributed by atoms with Crippen LogP contribution in [0.2, 0.25) is 0 Å². The molecular formula is C16H15N3OS. The van der Waals surface area contributed by atoms with E-state index in [9.17, 15) is 0 Å². The Morgan fingerprint density at radius 3 is 3.14 bits per heavy atom. The van der Waals surface area contributed by atoms with Crippen molar-refractivity contribution in [3.63, 3.8) is 0 Å². The lowest BCUT2D eigenvalue weighted by molar-refractivity contribution is 0.281. The van der Waals surface area contributed by atoms with Crippen LogP contribution < -0.4 is 4.74 Å². The smallest absolute Gasteiger partial charge is 0.138 e. The molecule has 0 bridgehead atoms. The maximum absolute atomic E-state index is 5.83. The van der Waals surface area contributed by atoms with Crippen LogP contribution in [0.25, 0.3) is 22.4 Å². The Labute approximate surface area is 127 Å². The summed E-state index contributed by atoms with van der Waals surface area (Å²) >= 11 is 1.72. The second-order valence-corrected chi connectivity index (χ2v) is 5.95. The van der Waals surface area contributed by atoms with Crippen LogP contribution in [0.1, 0.15) is 12.0 Å². The molecule has 1 aliphatic heterocycles. The summed E-state index contributed by atoms with van der Waals surface area (Å²) in [5, 5.41) is 0. The number of aromatic nitrogens is 3. The molecule has 0 amide bonds. The van der Waals surface area contributed by atoms with E-state index in [2.05, 4.69) is 33.3 Å². The number of aromatic amines is 1. The number of thioether (sulfide) groups is 1. The topological polar surface area (TPSA) is 50.8 Å². The van der Waals surface area contributed by atoms with Gasteiger partial charge in [-0.3, -0.25) is 4.98 Å². The number of benzene rings is 1. The first-order valence-corrected chi connectivity index (χ1v) is 8.21. The fourth-order valence-corrected chi connectivity index (χ4v) is 3.35. The largest absolute Gasteiger partial charge is 0.492 e. The molecule has 106 valence electrons. The molecule has 2 aromatic heterocycles. The van der Waals surface area contributed by atoms with Gasteiger partial charge in [0.05, 0.1) is 23.2 Å². The molecule has 0 unspecified atom stereocenters. The lowest BCUT2D eigenvalue weighted by Gasteiger charge is -2.20. The van der Waals surface area contributed by atoms with Crippen LogP contribution in [0, 0.1) is 0 Å². The molecule has 0 spiro atoms. The second-order valence-electron chi connectivity index (χ2n) is 5.10. The second kappa shape index (κ2) is 5.07. The molecule has 0 saturated carbocycles. The zero-order chi connectivity index (χ0) is 14.2. The summed E-state index contributed by atoms with van der Waals surface area (Å²) in [4.78, 5) is 13.3. The molecule has 0 saturated heterocycles. The van der Waals surface area contributed by atoms with Gasteiger partial charge < -0.3 is 9.72 Å². The standard InChI is InChI=1S/C16H15N3OS/c1-21-14-8-11(7-10-3-2-6-20-15(10)14)16-18-12-4-5-17-9-13(12)19-16/h4-5,7-9H,2-3,6H2,1H3,(H,18,19). The van der Waals surface area contributed by atoms with Crippen LogP contribution in [0.4, 0.5) is 0 Å². The first-order valence-electron chi connectivity index (χ1n) is 6.99. The summed E-state index contributed by atoms with van der Waals surface area (Å²) in [5.41, 5.74) is 4.30. The van der Waals surface area contributed by atoms with E-state index >= 15 is 0 Å². The van der Waals surface area contributed by atoms with Gasteiger partial charge in [-0.25, -0.2) is 4.98 Å². The van der Waals surface area contributed by atoms with Crippen LogP contribution in [0.5, 0.6) is 5.75 Å². The molecule has 0 fully saturated rings. The van der Waals surface area contributed by atoms with Crippen molar-refractivity contribution in [1.29, 1.82) is 0 Å². The molecule has 1 aromatic carbocycles. The molecule has 1 aliphatic rings. The highest BCUT2D eigenvalue weighted by atomic mass is 32.2. The number of imidazole rings is 1. The number of ether oxygens (including phenoxy) is 1. The minimum atomic E-state index is 0.816. The predicted molar refractivity (Wildman–Crippen MR) is 84.9 cm³/mol. The van der Waals surface area contributed by atoms with Gasteiger partial charge in [-0.15, -0.1) is 11.8 Å². The lowest BCUT2D eigenvalue weighted by Crippen LogP contribution is -2.09. The molecule has 0 radical (unpaired) electrons. The number of nitrogens with one attached hydrogen (secondary N) is 1. The van der Waals surface area contributed by atoms with E-state index in [-0.39, 0.29) is 0 Å². The maximum Gasteiger partial charge on any atom is 0.138 e. The van der Waals surface area contributed by atoms with E-state index < -0.39 is 0 Å². The number of H-pyrrole nitrogens is 1. The third kappa shape index (κ3) is 2.17. The van der Waals surface area contributed by atoms with Crippen molar-refractivity contribution in [2.45, 2.75) is 17.7 Å². The van der Waals surface area contributed by atoms with E-state index in [1.165, 1.54) is 10.5 Å². The number of rotatable bonds is 2. The van der Waals surface area contributed by atoms with Gasteiger partial charge in [-0.05, 0) is 42.9 Å². The van der Waals surface area contributed by atoms with Crippen LogP contribution >= 0.6 is 11.8 Å². The average Bonchev–Trinajstić information content (AvgIpc) is 2.98. The summed E-state index contributed by atoms with van der Waals surface area (Å²) in [6, 6.07) is 6.29. The molecule has 0 aliphatic carbocycles.